The molecule has 1 aliphatic carbocycles. The first-order valence-corrected chi connectivity index (χ1v) is 8.68. The van der Waals surface area contributed by atoms with Gasteiger partial charge in [0.2, 0.25) is 0 Å². The molecule has 1 aromatic carbocycles. The molecule has 0 bridgehead atoms. The smallest absolute Gasteiger partial charge is 0.193 e. The average molecular weight is 375 g/mol. The van der Waals surface area contributed by atoms with Gasteiger partial charge in [-0.2, -0.15) is 0 Å². The Morgan fingerprint density at radius 3 is 2.74 bits per heavy atom. The molecule has 1 heterocycles. The van der Waals surface area contributed by atoms with Crippen molar-refractivity contribution in [3.05, 3.63) is 58.3 Å². The zero-order valence-corrected chi connectivity index (χ0v) is 15.4. The molecular weight excluding hydrogens is 352 g/mol. The third kappa shape index (κ3) is 3.78. The Morgan fingerprint density at radius 1 is 1.39 bits per heavy atom. The van der Waals surface area contributed by atoms with Crippen LogP contribution in [0.5, 0.6) is 0 Å². The van der Waals surface area contributed by atoms with Crippen molar-refractivity contribution < 1.29 is 0 Å². The molecule has 1 saturated carbocycles. The highest BCUT2D eigenvalue weighted by Crippen LogP contribution is 2.40. The van der Waals surface area contributed by atoms with Gasteiger partial charge in [-0.1, -0.05) is 30.3 Å². The first-order chi connectivity index (χ1) is 11.1. The average Bonchev–Trinajstić information content (AvgIpc) is 3.24. The quantitative estimate of drug-likeness (QED) is 0.657. The highest BCUT2D eigenvalue weighted by molar-refractivity contribution is 9.10. The maximum atomic E-state index is 4.44. The topological polar surface area (TPSA) is 32.6 Å². The second kappa shape index (κ2) is 6.79. The monoisotopic (exact) mass is 374 g/mol. The molecule has 3 rings (SSSR count). The van der Waals surface area contributed by atoms with Crippen LogP contribution in [0, 0.1) is 0 Å². The van der Waals surface area contributed by atoms with Gasteiger partial charge in [0.1, 0.15) is 0 Å². The van der Waals surface area contributed by atoms with Crippen molar-refractivity contribution in [1.82, 2.24) is 14.8 Å². The van der Waals surface area contributed by atoms with E-state index in [1.165, 1.54) is 17.7 Å². The third-order valence-corrected chi connectivity index (χ3v) is 4.81. The highest BCUT2D eigenvalue weighted by Gasteiger charge is 2.39. The first kappa shape index (κ1) is 16.1. The highest BCUT2D eigenvalue weighted by atomic mass is 79.9. The molecule has 4 nitrogen and oxygen atoms in total. The summed E-state index contributed by atoms with van der Waals surface area (Å²) in [5, 5.41) is 3.59. The summed E-state index contributed by atoms with van der Waals surface area (Å²) in [5.74, 6) is 1.55. The maximum absolute atomic E-state index is 4.44. The number of aryl methyl sites for hydroxylation is 1. The molecule has 0 radical (unpaired) electrons. The third-order valence-electron chi connectivity index (χ3n) is 4.38. The zero-order chi connectivity index (χ0) is 16.4. The van der Waals surface area contributed by atoms with Gasteiger partial charge in [0.05, 0.1) is 6.54 Å². The normalized spacial score (nSPS) is 20.4. The van der Waals surface area contributed by atoms with E-state index in [4.69, 9.17) is 0 Å². The van der Waals surface area contributed by atoms with E-state index >= 15 is 0 Å². The van der Waals surface area contributed by atoms with Crippen LogP contribution in [0.3, 0.4) is 0 Å². The summed E-state index contributed by atoms with van der Waals surface area (Å²) >= 11 is 3.53. The number of benzene rings is 1. The first-order valence-electron chi connectivity index (χ1n) is 7.88. The van der Waals surface area contributed by atoms with E-state index in [-0.39, 0.29) is 0 Å². The van der Waals surface area contributed by atoms with E-state index in [1.54, 1.807) is 0 Å². The fourth-order valence-corrected chi connectivity index (χ4v) is 3.55. The van der Waals surface area contributed by atoms with E-state index in [0.717, 1.165) is 17.0 Å². The van der Waals surface area contributed by atoms with E-state index in [2.05, 4.69) is 92.4 Å². The van der Waals surface area contributed by atoms with Crippen molar-refractivity contribution in [3.8, 4) is 0 Å². The second-order valence-corrected chi connectivity index (χ2v) is 7.08. The minimum atomic E-state index is 0.485. The molecule has 1 fully saturated rings. The molecule has 122 valence electrons. The minimum Gasteiger partial charge on any atom is -0.353 e. The number of aromatic nitrogens is 1. The number of guanidine groups is 1. The molecule has 2 atom stereocenters. The summed E-state index contributed by atoms with van der Waals surface area (Å²) < 4.78 is 3.25. The van der Waals surface area contributed by atoms with Gasteiger partial charge in [-0.25, -0.2) is 0 Å². The van der Waals surface area contributed by atoms with Gasteiger partial charge in [0.25, 0.3) is 0 Å². The molecule has 23 heavy (non-hydrogen) atoms. The van der Waals surface area contributed by atoms with Gasteiger partial charge in [-0.05, 0) is 34.0 Å². The zero-order valence-electron chi connectivity index (χ0n) is 13.8. The SMILES string of the molecule is CN=C(NC1CC1c1ccccc1)N(C)Cc1cc(Br)cn1C. The number of nitrogens with zero attached hydrogens (tertiary/aromatic N) is 3. The number of rotatable bonds is 4. The van der Waals surface area contributed by atoms with E-state index in [0.29, 0.717) is 12.0 Å². The molecule has 0 aliphatic heterocycles. The molecular formula is C18H23BrN4. The summed E-state index contributed by atoms with van der Waals surface area (Å²) in [7, 11) is 5.99. The van der Waals surface area contributed by atoms with Crippen LogP contribution < -0.4 is 5.32 Å². The maximum Gasteiger partial charge on any atom is 0.193 e. The molecule has 5 heteroatoms. The van der Waals surface area contributed by atoms with Gasteiger partial charge < -0.3 is 14.8 Å². The lowest BCUT2D eigenvalue weighted by atomic mass is 10.1. The van der Waals surface area contributed by atoms with Gasteiger partial charge >= 0.3 is 0 Å². The van der Waals surface area contributed by atoms with Crippen LogP contribution in [0.25, 0.3) is 0 Å². The molecule has 0 spiro atoms. The molecule has 0 saturated heterocycles. The predicted molar refractivity (Wildman–Crippen MR) is 98.7 cm³/mol. The predicted octanol–water partition coefficient (Wildman–Crippen LogP) is 3.35. The van der Waals surface area contributed by atoms with Gasteiger partial charge in [0.15, 0.2) is 5.96 Å². The van der Waals surface area contributed by atoms with E-state index in [1.807, 2.05) is 7.05 Å². The van der Waals surface area contributed by atoms with Crippen LogP contribution in [-0.2, 0) is 13.6 Å². The van der Waals surface area contributed by atoms with Gasteiger partial charge in [0, 0.05) is 49.5 Å². The number of nitrogens with one attached hydrogen (secondary N) is 1. The van der Waals surface area contributed by atoms with Crippen molar-refractivity contribution in [2.24, 2.45) is 12.0 Å². The van der Waals surface area contributed by atoms with E-state index < -0.39 is 0 Å². The molecule has 1 aromatic heterocycles. The Morgan fingerprint density at radius 2 is 2.13 bits per heavy atom. The summed E-state index contributed by atoms with van der Waals surface area (Å²) in [6, 6.07) is 13.3. The van der Waals surface area contributed by atoms with Crippen LogP contribution in [0.4, 0.5) is 0 Å². The Balaban J connectivity index is 1.59. The van der Waals surface area contributed by atoms with Crippen molar-refractivity contribution in [2.45, 2.75) is 24.9 Å². The molecule has 1 aliphatic rings. The number of hydrogen-bond acceptors (Lipinski definition) is 1. The van der Waals surface area contributed by atoms with Crippen LogP contribution in [0.1, 0.15) is 23.6 Å². The van der Waals surface area contributed by atoms with Gasteiger partial charge in [-0.3, -0.25) is 4.99 Å². The number of aliphatic imine (C=N–C) groups is 1. The fourth-order valence-electron chi connectivity index (χ4n) is 2.98. The Labute approximate surface area is 146 Å². The van der Waals surface area contributed by atoms with Crippen molar-refractivity contribution in [1.29, 1.82) is 0 Å². The van der Waals surface area contributed by atoms with E-state index in [9.17, 15) is 0 Å². The van der Waals surface area contributed by atoms with Gasteiger partial charge in [-0.15, -0.1) is 0 Å². The summed E-state index contributed by atoms with van der Waals surface area (Å²) in [6.07, 6.45) is 3.25. The van der Waals surface area contributed by atoms with Crippen LogP contribution >= 0.6 is 15.9 Å². The summed E-state index contributed by atoms with van der Waals surface area (Å²) in [6.45, 7) is 0.824. The molecule has 2 aromatic rings. The largest absolute Gasteiger partial charge is 0.353 e. The lowest BCUT2D eigenvalue weighted by Gasteiger charge is -2.22. The van der Waals surface area contributed by atoms with Crippen molar-refractivity contribution in [2.75, 3.05) is 14.1 Å². The fraction of sp³-hybridized carbons (Fsp3) is 0.389. The lowest BCUT2D eigenvalue weighted by molar-refractivity contribution is 0.461. The molecule has 2 unspecified atom stereocenters. The molecule has 0 amide bonds. The standard InChI is InChI=1S/C18H23BrN4/c1-20-18(23(3)12-15-9-14(19)11-22(15)2)21-17-10-16(17)13-7-5-4-6-8-13/h4-9,11,16-17H,10,12H2,1-3H3,(H,20,21). The lowest BCUT2D eigenvalue weighted by Crippen LogP contribution is -2.40. The van der Waals surface area contributed by atoms with Crippen LogP contribution in [-0.4, -0.2) is 35.6 Å². The van der Waals surface area contributed by atoms with Crippen molar-refractivity contribution >= 4 is 21.9 Å². The molecule has 1 N–H and O–H groups in total. The number of hydrogen-bond donors (Lipinski definition) is 1. The summed E-state index contributed by atoms with van der Waals surface area (Å²) in [5.41, 5.74) is 2.66. The number of halogens is 1. The minimum absolute atomic E-state index is 0.485. The Kier molecular flexibility index (Phi) is 4.76. The van der Waals surface area contributed by atoms with Crippen LogP contribution in [0.2, 0.25) is 0 Å². The summed E-state index contributed by atoms with van der Waals surface area (Å²) in [4.78, 5) is 6.61. The second-order valence-electron chi connectivity index (χ2n) is 6.17. The van der Waals surface area contributed by atoms with Crippen molar-refractivity contribution in [3.63, 3.8) is 0 Å². The van der Waals surface area contributed by atoms with Crippen LogP contribution in [0.15, 0.2) is 52.1 Å². The Bertz CT molecular complexity index is 692. The Hall–Kier alpha value is -1.75.